The molecule has 2 aromatic carbocycles. The molecule has 10 nitrogen and oxygen atoms in total. The number of carbonyl (C=O) groups is 2. The van der Waals surface area contributed by atoms with Gasteiger partial charge in [0.2, 0.25) is 10.0 Å². The lowest BCUT2D eigenvalue weighted by Crippen LogP contribution is -2.50. The molecular weight excluding hydrogens is 414 g/mol. The molecule has 1 fully saturated rings. The largest absolute Gasteiger partial charge is 0.504 e. The van der Waals surface area contributed by atoms with Gasteiger partial charge in [0.25, 0.3) is 11.8 Å². The first-order valence-corrected chi connectivity index (χ1v) is 10.9. The van der Waals surface area contributed by atoms with Crippen LogP contribution in [-0.2, 0) is 10.0 Å². The van der Waals surface area contributed by atoms with Crippen molar-refractivity contribution in [1.82, 2.24) is 9.80 Å². The van der Waals surface area contributed by atoms with E-state index in [9.17, 15) is 33.3 Å². The van der Waals surface area contributed by atoms with Crippen molar-refractivity contribution in [2.45, 2.75) is 0 Å². The Morgan fingerprint density at radius 2 is 1.27 bits per heavy atom. The Balaban J connectivity index is 1.62. The summed E-state index contributed by atoms with van der Waals surface area (Å²) in [4.78, 5) is 28.3. The maximum atomic E-state index is 12.7. The number of piperazine rings is 1. The van der Waals surface area contributed by atoms with E-state index >= 15 is 0 Å². The number of sulfonamides is 1. The van der Waals surface area contributed by atoms with Gasteiger partial charge < -0.3 is 25.1 Å². The molecule has 0 aromatic heterocycles. The fraction of sp³-hybridized carbons (Fsp3) is 0.263. The second kappa shape index (κ2) is 8.11. The number of nitrogens with one attached hydrogen (secondary N) is 1. The summed E-state index contributed by atoms with van der Waals surface area (Å²) >= 11 is 0. The van der Waals surface area contributed by atoms with Crippen LogP contribution < -0.4 is 4.72 Å². The molecule has 3 rings (SSSR count). The predicted octanol–water partition coefficient (Wildman–Crippen LogP) is 0.773. The molecule has 4 N–H and O–H groups in total. The zero-order chi connectivity index (χ0) is 22.1. The number of benzene rings is 2. The normalized spacial score (nSPS) is 14.4. The van der Waals surface area contributed by atoms with Gasteiger partial charge in [0.05, 0.1) is 6.26 Å². The summed E-state index contributed by atoms with van der Waals surface area (Å²) < 4.78 is 24.8. The van der Waals surface area contributed by atoms with Crippen molar-refractivity contribution in [3.63, 3.8) is 0 Å². The fourth-order valence-electron chi connectivity index (χ4n) is 3.10. The molecule has 2 aromatic rings. The summed E-state index contributed by atoms with van der Waals surface area (Å²) in [5.41, 5.74) is 0.767. The van der Waals surface area contributed by atoms with E-state index in [0.717, 1.165) is 18.4 Å². The lowest BCUT2D eigenvalue weighted by molar-refractivity contribution is 0.0535. The van der Waals surface area contributed by atoms with Crippen LogP contribution in [0.25, 0.3) is 0 Å². The third kappa shape index (κ3) is 4.74. The number of phenols is 3. The maximum absolute atomic E-state index is 12.7. The van der Waals surface area contributed by atoms with Crippen LogP contribution in [0.15, 0.2) is 36.4 Å². The van der Waals surface area contributed by atoms with Crippen LogP contribution in [-0.4, -0.2) is 77.8 Å². The number of rotatable bonds is 4. The Hall–Kier alpha value is -3.47. The molecule has 1 saturated heterocycles. The van der Waals surface area contributed by atoms with E-state index in [2.05, 4.69) is 4.72 Å². The Labute approximate surface area is 173 Å². The van der Waals surface area contributed by atoms with E-state index < -0.39 is 33.2 Å². The molecule has 0 unspecified atom stereocenters. The Morgan fingerprint density at radius 3 is 1.70 bits per heavy atom. The highest BCUT2D eigenvalue weighted by Crippen LogP contribution is 2.35. The van der Waals surface area contributed by atoms with E-state index in [0.29, 0.717) is 11.3 Å². The topological polar surface area (TPSA) is 147 Å². The van der Waals surface area contributed by atoms with Crippen LogP contribution in [0.5, 0.6) is 17.2 Å². The minimum atomic E-state index is -3.40. The van der Waals surface area contributed by atoms with Gasteiger partial charge >= 0.3 is 0 Å². The van der Waals surface area contributed by atoms with E-state index in [4.69, 9.17) is 0 Å². The number of hydrogen-bond acceptors (Lipinski definition) is 7. The standard InChI is InChI=1S/C19H21N3O7S/c1-30(28,29)20-14-4-2-12(3-5-14)18(26)21-6-8-22(9-7-21)19(27)13-10-15(23)17(25)16(24)11-13/h2-5,10-11,20,23-25H,6-9H2,1H3. The number of anilines is 1. The van der Waals surface area contributed by atoms with Crippen LogP contribution in [0.2, 0.25) is 0 Å². The second-order valence-electron chi connectivity index (χ2n) is 6.90. The van der Waals surface area contributed by atoms with Crippen molar-refractivity contribution in [3.05, 3.63) is 47.5 Å². The van der Waals surface area contributed by atoms with Gasteiger partial charge in [0.15, 0.2) is 17.2 Å². The zero-order valence-electron chi connectivity index (χ0n) is 16.1. The summed E-state index contributed by atoms with van der Waals surface area (Å²) in [5.74, 6) is -2.57. The minimum Gasteiger partial charge on any atom is -0.504 e. The lowest BCUT2D eigenvalue weighted by atomic mass is 10.1. The second-order valence-corrected chi connectivity index (χ2v) is 8.65. The van der Waals surface area contributed by atoms with Crippen LogP contribution in [0, 0.1) is 0 Å². The highest BCUT2D eigenvalue weighted by Gasteiger charge is 2.26. The van der Waals surface area contributed by atoms with Crippen LogP contribution in [0.1, 0.15) is 20.7 Å². The van der Waals surface area contributed by atoms with Crippen molar-refractivity contribution < 1.29 is 33.3 Å². The van der Waals surface area contributed by atoms with Gasteiger partial charge in [-0.2, -0.15) is 0 Å². The average Bonchev–Trinajstić information content (AvgIpc) is 2.70. The number of carbonyl (C=O) groups excluding carboxylic acids is 2. The third-order valence-corrected chi connectivity index (χ3v) is 5.21. The zero-order valence-corrected chi connectivity index (χ0v) is 16.9. The maximum Gasteiger partial charge on any atom is 0.254 e. The van der Waals surface area contributed by atoms with E-state index in [-0.39, 0.29) is 37.6 Å². The van der Waals surface area contributed by atoms with Gasteiger partial charge in [0, 0.05) is 43.0 Å². The number of nitrogens with zero attached hydrogens (tertiary/aromatic N) is 2. The molecule has 1 heterocycles. The molecule has 0 atom stereocenters. The molecular formula is C19H21N3O7S. The number of amides is 2. The van der Waals surface area contributed by atoms with Crippen molar-refractivity contribution in [3.8, 4) is 17.2 Å². The van der Waals surface area contributed by atoms with Crippen LogP contribution in [0.4, 0.5) is 5.69 Å². The molecule has 30 heavy (non-hydrogen) atoms. The van der Waals surface area contributed by atoms with E-state index in [1.165, 1.54) is 29.2 Å². The van der Waals surface area contributed by atoms with Crippen molar-refractivity contribution in [1.29, 1.82) is 0 Å². The van der Waals surface area contributed by atoms with Crippen molar-refractivity contribution in [2.75, 3.05) is 37.2 Å². The minimum absolute atomic E-state index is 0.0246. The lowest BCUT2D eigenvalue weighted by Gasteiger charge is -2.35. The molecule has 11 heteroatoms. The van der Waals surface area contributed by atoms with E-state index in [1.54, 1.807) is 4.90 Å². The first-order valence-electron chi connectivity index (χ1n) is 8.96. The summed E-state index contributed by atoms with van der Waals surface area (Å²) in [6.07, 6.45) is 1.04. The molecule has 0 spiro atoms. The summed E-state index contributed by atoms with van der Waals surface area (Å²) in [7, 11) is -3.40. The molecule has 160 valence electrons. The molecule has 0 aliphatic carbocycles. The number of phenolic OH excluding ortho intramolecular Hbond substituents is 3. The summed E-state index contributed by atoms with van der Waals surface area (Å²) in [6.45, 7) is 1.06. The van der Waals surface area contributed by atoms with Crippen molar-refractivity contribution in [2.24, 2.45) is 0 Å². The fourth-order valence-corrected chi connectivity index (χ4v) is 3.66. The first-order chi connectivity index (χ1) is 14.0. The number of hydrogen-bond donors (Lipinski definition) is 4. The highest BCUT2D eigenvalue weighted by molar-refractivity contribution is 7.92. The third-order valence-electron chi connectivity index (χ3n) is 4.61. The quantitative estimate of drug-likeness (QED) is 0.519. The molecule has 1 aliphatic heterocycles. The average molecular weight is 435 g/mol. The van der Waals surface area contributed by atoms with Gasteiger partial charge in [-0.1, -0.05) is 0 Å². The van der Waals surface area contributed by atoms with Crippen LogP contribution in [0.3, 0.4) is 0 Å². The van der Waals surface area contributed by atoms with Gasteiger partial charge in [-0.25, -0.2) is 8.42 Å². The summed E-state index contributed by atoms with van der Waals surface area (Å²) in [6, 6.07) is 8.18. The molecule has 0 radical (unpaired) electrons. The molecule has 2 amide bonds. The van der Waals surface area contributed by atoms with Crippen LogP contribution >= 0.6 is 0 Å². The molecule has 0 bridgehead atoms. The van der Waals surface area contributed by atoms with Gasteiger partial charge in [-0.05, 0) is 36.4 Å². The predicted molar refractivity (Wildman–Crippen MR) is 108 cm³/mol. The Bertz CT molecular complexity index is 1050. The molecule has 0 saturated carbocycles. The Morgan fingerprint density at radius 1 is 0.833 bits per heavy atom. The smallest absolute Gasteiger partial charge is 0.254 e. The monoisotopic (exact) mass is 435 g/mol. The number of aromatic hydroxyl groups is 3. The SMILES string of the molecule is CS(=O)(=O)Nc1ccc(C(=O)N2CCN(C(=O)c3cc(O)c(O)c(O)c3)CC2)cc1. The van der Waals surface area contributed by atoms with Gasteiger partial charge in [0.1, 0.15) is 0 Å². The first kappa shape index (κ1) is 21.2. The van der Waals surface area contributed by atoms with Crippen molar-refractivity contribution >= 4 is 27.5 Å². The van der Waals surface area contributed by atoms with E-state index in [1.807, 2.05) is 0 Å². The molecule has 1 aliphatic rings. The highest BCUT2D eigenvalue weighted by atomic mass is 32.2. The Kier molecular flexibility index (Phi) is 5.74. The van der Waals surface area contributed by atoms with Gasteiger partial charge in [-0.15, -0.1) is 0 Å². The van der Waals surface area contributed by atoms with Gasteiger partial charge in [-0.3, -0.25) is 14.3 Å². The summed E-state index contributed by atoms with van der Waals surface area (Å²) in [5, 5.41) is 28.6.